The van der Waals surface area contributed by atoms with E-state index in [1.54, 1.807) is 24.3 Å². The van der Waals surface area contributed by atoms with Gasteiger partial charge in [-0.3, -0.25) is 9.59 Å². The van der Waals surface area contributed by atoms with Gasteiger partial charge in [-0.1, -0.05) is 55.8 Å². The fourth-order valence-corrected chi connectivity index (χ4v) is 6.01. The molecule has 0 spiro atoms. The Hall–Kier alpha value is -4.47. The minimum Gasteiger partial charge on any atom is -0.494 e. The first-order valence-electron chi connectivity index (χ1n) is 14.9. The van der Waals surface area contributed by atoms with Crippen molar-refractivity contribution >= 4 is 56.2 Å². The van der Waals surface area contributed by atoms with Crippen LogP contribution in [-0.4, -0.2) is 35.0 Å². The minimum atomic E-state index is -0.336. The number of para-hydroxylation sites is 2. The summed E-state index contributed by atoms with van der Waals surface area (Å²) in [5.41, 5.74) is 4.95. The number of fused-ring (bicyclic) bond motifs is 1. The van der Waals surface area contributed by atoms with Gasteiger partial charge in [-0.15, -0.1) is 0 Å². The van der Waals surface area contributed by atoms with Crippen LogP contribution in [0.5, 0.6) is 11.5 Å². The van der Waals surface area contributed by atoms with Gasteiger partial charge in [0, 0.05) is 21.8 Å². The molecule has 0 fully saturated rings. The molecule has 0 aliphatic heterocycles. The Labute approximate surface area is 281 Å². The molecule has 4 aromatic carbocycles. The van der Waals surface area contributed by atoms with Crippen LogP contribution in [0, 0.1) is 13.8 Å². The van der Waals surface area contributed by atoms with Gasteiger partial charge >= 0.3 is 0 Å². The lowest BCUT2D eigenvalue weighted by molar-refractivity contribution is -0.118. The standard InChI is InChI=1S/C36H34BrClN4O4/c1-6-45-32-15-23(5)28(18-27(32)21(2)3)35-41-31-14-10-8-12-26(31)36(44)42(35)39-19-24-16-25(38)17-29(37)34(24)46-20-33(43)40-30-13-9-7-11-22(30)4/h7-19,21H,6,20H2,1-5H3,(H,40,43). The second-order valence-electron chi connectivity index (χ2n) is 11.1. The van der Waals surface area contributed by atoms with Gasteiger partial charge in [0.05, 0.1) is 28.2 Å². The predicted molar refractivity (Wildman–Crippen MR) is 189 cm³/mol. The number of halogens is 2. The van der Waals surface area contributed by atoms with E-state index in [1.165, 1.54) is 10.9 Å². The van der Waals surface area contributed by atoms with E-state index >= 15 is 0 Å². The summed E-state index contributed by atoms with van der Waals surface area (Å²) < 4.78 is 13.7. The molecule has 0 radical (unpaired) electrons. The number of nitrogens with zero attached hydrogens (tertiary/aromatic N) is 3. The van der Waals surface area contributed by atoms with Crippen molar-refractivity contribution in [3.63, 3.8) is 0 Å². The molecule has 0 bridgehead atoms. The average Bonchev–Trinajstić information content (AvgIpc) is 3.01. The topological polar surface area (TPSA) is 94.8 Å². The molecule has 0 saturated heterocycles. The normalized spacial score (nSPS) is 11.4. The van der Waals surface area contributed by atoms with Crippen LogP contribution < -0.4 is 20.3 Å². The summed E-state index contributed by atoms with van der Waals surface area (Å²) in [6.45, 7) is 10.3. The van der Waals surface area contributed by atoms with E-state index in [-0.39, 0.29) is 24.0 Å². The van der Waals surface area contributed by atoms with Crippen molar-refractivity contribution in [2.45, 2.75) is 40.5 Å². The molecule has 1 amide bonds. The number of carbonyl (C=O) groups is 1. The molecule has 1 N–H and O–H groups in total. The minimum absolute atomic E-state index is 0.163. The quantitative estimate of drug-likeness (QED) is 0.147. The molecule has 0 unspecified atom stereocenters. The molecule has 0 saturated carbocycles. The average molecular weight is 702 g/mol. The maximum atomic E-state index is 13.9. The number of carbonyl (C=O) groups excluding carboxylic acids is 1. The maximum Gasteiger partial charge on any atom is 0.282 e. The van der Waals surface area contributed by atoms with Gasteiger partial charge in [0.15, 0.2) is 12.4 Å². The van der Waals surface area contributed by atoms with Crippen molar-refractivity contribution in [2.24, 2.45) is 5.10 Å². The summed E-state index contributed by atoms with van der Waals surface area (Å²) in [7, 11) is 0. The van der Waals surface area contributed by atoms with E-state index in [4.69, 9.17) is 26.1 Å². The lowest BCUT2D eigenvalue weighted by Crippen LogP contribution is -2.22. The number of aryl methyl sites for hydroxylation is 2. The van der Waals surface area contributed by atoms with Crippen LogP contribution in [0.2, 0.25) is 5.02 Å². The Morgan fingerprint density at radius 2 is 1.78 bits per heavy atom. The number of hydrogen-bond acceptors (Lipinski definition) is 6. The van der Waals surface area contributed by atoms with Crippen LogP contribution in [0.3, 0.4) is 0 Å². The second kappa shape index (κ2) is 14.3. The van der Waals surface area contributed by atoms with E-state index in [0.29, 0.717) is 49.8 Å². The maximum absolute atomic E-state index is 13.9. The predicted octanol–water partition coefficient (Wildman–Crippen LogP) is 8.52. The fourth-order valence-electron chi connectivity index (χ4n) is 5.06. The van der Waals surface area contributed by atoms with Gasteiger partial charge < -0.3 is 14.8 Å². The smallest absolute Gasteiger partial charge is 0.282 e. The fraction of sp³-hybridized carbons (Fsp3) is 0.222. The van der Waals surface area contributed by atoms with Gasteiger partial charge in [0.25, 0.3) is 11.5 Å². The molecule has 5 aromatic rings. The molecule has 236 valence electrons. The lowest BCUT2D eigenvalue weighted by atomic mass is 9.96. The van der Waals surface area contributed by atoms with E-state index < -0.39 is 0 Å². The molecule has 46 heavy (non-hydrogen) atoms. The number of rotatable bonds is 10. The molecule has 0 aliphatic carbocycles. The van der Waals surface area contributed by atoms with Crippen molar-refractivity contribution in [1.29, 1.82) is 0 Å². The number of nitrogens with one attached hydrogen (secondary N) is 1. The summed E-state index contributed by atoms with van der Waals surface area (Å²) in [6.07, 6.45) is 1.49. The highest BCUT2D eigenvalue weighted by Gasteiger charge is 2.19. The van der Waals surface area contributed by atoms with Crippen LogP contribution in [0.4, 0.5) is 5.69 Å². The van der Waals surface area contributed by atoms with Crippen molar-refractivity contribution in [3.05, 3.63) is 115 Å². The summed E-state index contributed by atoms with van der Waals surface area (Å²) in [5, 5.41) is 8.36. The second-order valence-corrected chi connectivity index (χ2v) is 12.4. The van der Waals surface area contributed by atoms with Crippen LogP contribution >= 0.6 is 27.5 Å². The SMILES string of the molecule is CCOc1cc(C)c(-c2nc3ccccc3c(=O)n2N=Cc2cc(Cl)cc(Br)c2OCC(=O)Nc2ccccc2C)cc1C(C)C. The monoisotopic (exact) mass is 700 g/mol. The van der Waals surface area contributed by atoms with Gasteiger partial charge in [0.2, 0.25) is 0 Å². The molecule has 1 aromatic heterocycles. The molecule has 0 aliphatic rings. The zero-order valence-corrected chi connectivity index (χ0v) is 28.6. The van der Waals surface area contributed by atoms with Crippen LogP contribution in [0.25, 0.3) is 22.3 Å². The lowest BCUT2D eigenvalue weighted by Gasteiger charge is -2.18. The number of amides is 1. The molecular weight excluding hydrogens is 668 g/mol. The van der Waals surface area contributed by atoms with Crippen LogP contribution in [0.15, 0.2) is 87.2 Å². The highest BCUT2D eigenvalue weighted by molar-refractivity contribution is 9.10. The number of aromatic nitrogens is 2. The first-order chi connectivity index (χ1) is 22.1. The van der Waals surface area contributed by atoms with Gasteiger partial charge in [-0.25, -0.2) is 4.98 Å². The van der Waals surface area contributed by atoms with Gasteiger partial charge in [-0.2, -0.15) is 9.78 Å². The molecule has 1 heterocycles. The van der Waals surface area contributed by atoms with E-state index in [2.05, 4.69) is 40.2 Å². The van der Waals surface area contributed by atoms with E-state index in [0.717, 1.165) is 28.0 Å². The zero-order chi connectivity index (χ0) is 33.0. The molecule has 10 heteroatoms. The summed E-state index contributed by atoms with van der Waals surface area (Å²) in [4.78, 5) is 31.6. The Bertz CT molecular complexity index is 2020. The summed E-state index contributed by atoms with van der Waals surface area (Å²) in [5.74, 6) is 1.35. The molecule has 0 atom stereocenters. The highest BCUT2D eigenvalue weighted by atomic mass is 79.9. The number of hydrogen-bond donors (Lipinski definition) is 1. The van der Waals surface area contributed by atoms with Crippen molar-refractivity contribution in [3.8, 4) is 22.9 Å². The van der Waals surface area contributed by atoms with Crippen molar-refractivity contribution in [1.82, 2.24) is 9.66 Å². The molecule has 5 rings (SSSR count). The zero-order valence-electron chi connectivity index (χ0n) is 26.2. The van der Waals surface area contributed by atoms with Gasteiger partial charge in [0.1, 0.15) is 11.5 Å². The molecular formula is C36H34BrClN4O4. The number of benzene rings is 4. The third kappa shape index (κ3) is 7.16. The summed E-state index contributed by atoms with van der Waals surface area (Å²) >= 11 is 9.92. The Balaban J connectivity index is 1.58. The van der Waals surface area contributed by atoms with E-state index in [1.807, 2.05) is 69.3 Å². The third-order valence-electron chi connectivity index (χ3n) is 7.39. The first kappa shape index (κ1) is 32.9. The number of anilines is 1. The Morgan fingerprint density at radius 1 is 1.04 bits per heavy atom. The highest BCUT2D eigenvalue weighted by Crippen LogP contribution is 2.35. The summed E-state index contributed by atoms with van der Waals surface area (Å²) in [6, 6.07) is 22.0. The van der Waals surface area contributed by atoms with Gasteiger partial charge in [-0.05, 0) is 102 Å². The van der Waals surface area contributed by atoms with Crippen molar-refractivity contribution in [2.75, 3.05) is 18.5 Å². The van der Waals surface area contributed by atoms with Crippen LogP contribution in [0.1, 0.15) is 48.9 Å². The van der Waals surface area contributed by atoms with Crippen LogP contribution in [-0.2, 0) is 4.79 Å². The largest absolute Gasteiger partial charge is 0.494 e. The number of ether oxygens (including phenoxy) is 2. The van der Waals surface area contributed by atoms with E-state index in [9.17, 15) is 9.59 Å². The molecule has 8 nitrogen and oxygen atoms in total. The Kier molecular flexibility index (Phi) is 10.2. The Morgan fingerprint density at radius 3 is 2.52 bits per heavy atom. The third-order valence-corrected chi connectivity index (χ3v) is 8.20. The first-order valence-corrected chi connectivity index (χ1v) is 16.1. The van der Waals surface area contributed by atoms with Crippen molar-refractivity contribution < 1.29 is 14.3 Å².